The number of rotatable bonds is 7. The summed E-state index contributed by atoms with van der Waals surface area (Å²) in [7, 11) is 5.18. The molecule has 2 N–H and O–H groups in total. The molecular weight excluding hydrogens is 944 g/mol. The molecule has 4 bridgehead atoms. The zero-order valence-electron chi connectivity index (χ0n) is 31.2. The van der Waals surface area contributed by atoms with Gasteiger partial charge in [0.25, 0.3) is 0 Å². The van der Waals surface area contributed by atoms with Gasteiger partial charge in [0, 0.05) is 91.3 Å². The molecule has 1 amide bonds. The molecule has 3 aromatic rings. The SMILES string of the molecule is COCOc1c(OC)c(C)cc2c1[C@@H]1C3[C@@H]4SC[C@H](NC(=O)OCc5ccccc5)C(=O)OC[C@@H](c5c6c(c(C)c(O)c54)OCO6)N3[C@@H](C#N)[C@H](C2)N1C.[Ac]. The minimum absolute atomic E-state index is 0. The Morgan fingerprint density at radius 2 is 1.85 bits per heavy atom. The van der Waals surface area contributed by atoms with Gasteiger partial charge in [-0.05, 0) is 44.0 Å². The molecule has 0 aromatic heterocycles. The minimum Gasteiger partial charge on any atom is -0.507 e. The van der Waals surface area contributed by atoms with Crippen molar-refractivity contribution in [2.24, 2.45) is 0 Å². The summed E-state index contributed by atoms with van der Waals surface area (Å²) in [6.07, 6.45) is -0.218. The summed E-state index contributed by atoms with van der Waals surface area (Å²) in [6.45, 7) is 3.53. The molecule has 6 heterocycles. The monoisotopic (exact) mass is 985 g/mol. The van der Waals surface area contributed by atoms with Crippen molar-refractivity contribution in [2.45, 2.75) is 68.4 Å². The number of nitrogens with one attached hydrogen (secondary N) is 1. The average Bonchev–Trinajstić information content (AvgIpc) is 3.66. The van der Waals surface area contributed by atoms with Crippen molar-refractivity contribution in [3.8, 4) is 34.8 Å². The van der Waals surface area contributed by atoms with E-state index in [2.05, 4.69) is 27.3 Å². The molecule has 1 radical (unpaired) electrons. The van der Waals surface area contributed by atoms with E-state index < -0.39 is 41.5 Å². The summed E-state index contributed by atoms with van der Waals surface area (Å²) in [5, 5.41) is 25.3. The Kier molecular flexibility index (Phi) is 11.7. The summed E-state index contributed by atoms with van der Waals surface area (Å²) in [5.41, 5.74) is 5.39. The van der Waals surface area contributed by atoms with E-state index in [1.54, 1.807) is 21.1 Å². The number of benzene rings is 3. The Hall–Kier alpha value is -3.44. The van der Waals surface area contributed by atoms with Gasteiger partial charge in [0.15, 0.2) is 29.8 Å². The minimum atomic E-state index is -1.07. The number of amides is 1. The van der Waals surface area contributed by atoms with E-state index in [-0.39, 0.29) is 94.4 Å². The second kappa shape index (κ2) is 16.2. The number of aromatic hydroxyl groups is 1. The van der Waals surface area contributed by atoms with Gasteiger partial charge in [0.2, 0.25) is 6.79 Å². The second-order valence-corrected chi connectivity index (χ2v) is 15.3. The first kappa shape index (κ1) is 39.8. The first-order valence-electron chi connectivity index (χ1n) is 17.8. The predicted molar refractivity (Wildman–Crippen MR) is 195 cm³/mol. The smallest absolute Gasteiger partial charge is 0.408 e. The molecule has 2 fully saturated rings. The molecular formula is C39H42AcN4O10S. The number of aryl methyl sites for hydroxylation is 1. The number of carbonyl (C=O) groups excluding carboxylic acids is 2. The van der Waals surface area contributed by atoms with Gasteiger partial charge < -0.3 is 43.6 Å². The third-order valence-corrected chi connectivity index (χ3v) is 12.6. The molecule has 0 spiro atoms. The van der Waals surface area contributed by atoms with Gasteiger partial charge in [0.1, 0.15) is 31.0 Å². The molecule has 14 nitrogen and oxygen atoms in total. The Morgan fingerprint density at radius 1 is 1.09 bits per heavy atom. The Balaban J connectivity index is 0.00000465. The van der Waals surface area contributed by atoms with Gasteiger partial charge in [-0.1, -0.05) is 36.4 Å². The summed E-state index contributed by atoms with van der Waals surface area (Å²) in [5.74, 6) is 1.49. The zero-order chi connectivity index (χ0) is 37.8. The first-order chi connectivity index (χ1) is 26.2. The van der Waals surface area contributed by atoms with Gasteiger partial charge in [0.05, 0.1) is 30.5 Å². The van der Waals surface area contributed by atoms with Crippen molar-refractivity contribution in [1.82, 2.24) is 15.1 Å². The second-order valence-electron chi connectivity index (χ2n) is 14.1. The Morgan fingerprint density at radius 3 is 2.58 bits per heavy atom. The van der Waals surface area contributed by atoms with Crippen molar-refractivity contribution in [3.05, 3.63) is 75.3 Å². The summed E-state index contributed by atoms with van der Waals surface area (Å²) >= 11 is 1.39. The fraction of sp³-hybridized carbons (Fsp3) is 0.462. The van der Waals surface area contributed by atoms with E-state index in [1.165, 1.54) is 11.8 Å². The molecule has 16 heteroatoms. The van der Waals surface area contributed by atoms with Crippen LogP contribution in [0.3, 0.4) is 0 Å². The molecule has 7 atom stereocenters. The number of nitriles is 1. The maximum Gasteiger partial charge on any atom is 0.408 e. The number of alkyl carbamates (subject to hydrolysis) is 1. The number of likely N-dealkylation sites (N-methyl/N-ethyl adjacent to an activating group) is 1. The number of nitrogens with zero attached hydrogens (tertiary/aromatic N) is 3. The Labute approximate surface area is 359 Å². The number of phenolic OH excluding ortho intramolecular Hbond substituents is 1. The van der Waals surface area contributed by atoms with Crippen molar-refractivity contribution in [1.29, 1.82) is 5.26 Å². The largest absolute Gasteiger partial charge is 0.507 e. The van der Waals surface area contributed by atoms with Crippen LogP contribution in [0.4, 0.5) is 4.79 Å². The fourth-order valence-electron chi connectivity index (χ4n) is 8.95. The predicted octanol–water partition coefficient (Wildman–Crippen LogP) is 4.58. The fourth-order valence-corrected chi connectivity index (χ4v) is 10.5. The van der Waals surface area contributed by atoms with E-state index in [0.29, 0.717) is 46.1 Å². The number of piperazine rings is 1. The van der Waals surface area contributed by atoms with Crippen molar-refractivity contribution >= 4 is 23.8 Å². The van der Waals surface area contributed by atoms with Crippen LogP contribution in [0.1, 0.15) is 56.3 Å². The first-order valence-corrected chi connectivity index (χ1v) is 18.8. The summed E-state index contributed by atoms with van der Waals surface area (Å²) < 4.78 is 41.2. The van der Waals surface area contributed by atoms with Gasteiger partial charge in [-0.3, -0.25) is 9.80 Å². The number of phenols is 1. The molecule has 0 aliphatic carbocycles. The number of methoxy groups -OCH3 is 2. The molecule has 9 rings (SSSR count). The average molecular weight is 986 g/mol. The van der Waals surface area contributed by atoms with Crippen LogP contribution < -0.4 is 24.3 Å². The standard InChI is InChI=1S/C39H42N4O10S.Ac/c1-19-11-22-12-24-25(13-40)43-26-15-49-38(45)23(41-39(46)50-14-21-9-7-6-8-10-21)16-54-37(29-28(26)36-34(52-18-53-36)20(2)32(29)44)31(43)30(42(24)3)27(22)35(33(19)48-5)51-17-47-4;/h6-11,23-26,30-31,37,44H,12,14-18H2,1-5H3,(H,41,46);/t23-,24-,25-,26-,30+,31?,37+;/m0./s1. The van der Waals surface area contributed by atoms with Gasteiger partial charge in [-0.15, -0.1) is 11.8 Å². The number of ether oxygens (including phenoxy) is 7. The number of hydrogen-bond donors (Lipinski definition) is 2. The maximum absolute atomic E-state index is 13.8. The van der Waals surface area contributed by atoms with Crippen LogP contribution >= 0.6 is 11.8 Å². The Bertz CT molecular complexity index is 2030. The molecule has 3 aromatic carbocycles. The van der Waals surface area contributed by atoms with E-state index in [9.17, 15) is 20.0 Å². The maximum atomic E-state index is 13.8. The van der Waals surface area contributed by atoms with Crippen LogP contribution in [0.15, 0.2) is 36.4 Å². The van der Waals surface area contributed by atoms with Crippen LogP contribution in [0.2, 0.25) is 0 Å². The van der Waals surface area contributed by atoms with E-state index in [4.69, 9.17) is 33.2 Å². The van der Waals surface area contributed by atoms with Gasteiger partial charge >= 0.3 is 12.1 Å². The number of hydrogen-bond acceptors (Lipinski definition) is 14. The third kappa shape index (κ3) is 6.68. The topological polar surface area (TPSA) is 161 Å². The summed E-state index contributed by atoms with van der Waals surface area (Å²) in [6, 6.07) is 10.4. The third-order valence-electron chi connectivity index (χ3n) is 11.2. The summed E-state index contributed by atoms with van der Waals surface area (Å²) in [4.78, 5) is 31.3. The van der Waals surface area contributed by atoms with Crippen molar-refractivity contribution < 1.29 is 91.9 Å². The molecule has 0 saturated carbocycles. The molecule has 55 heavy (non-hydrogen) atoms. The van der Waals surface area contributed by atoms with Gasteiger partial charge in [-0.2, -0.15) is 5.26 Å². The van der Waals surface area contributed by atoms with E-state index in [1.807, 2.05) is 44.3 Å². The van der Waals surface area contributed by atoms with E-state index >= 15 is 0 Å². The number of carbonyl (C=O) groups is 2. The van der Waals surface area contributed by atoms with Crippen molar-refractivity contribution in [3.63, 3.8) is 0 Å². The number of fused-ring (bicyclic) bond motifs is 10. The molecule has 287 valence electrons. The van der Waals surface area contributed by atoms with Crippen LogP contribution in [0.5, 0.6) is 28.7 Å². The quantitative estimate of drug-likeness (QED) is 0.250. The van der Waals surface area contributed by atoms with Crippen LogP contribution in [0, 0.1) is 69.2 Å². The van der Waals surface area contributed by atoms with Crippen molar-refractivity contribution in [2.75, 3.05) is 47.2 Å². The normalized spacial score (nSPS) is 26.3. The van der Waals surface area contributed by atoms with Crippen LogP contribution in [-0.2, 0) is 32.0 Å². The molecule has 2 saturated heterocycles. The van der Waals surface area contributed by atoms with E-state index in [0.717, 1.165) is 22.3 Å². The molecule has 6 aliphatic heterocycles. The zero-order valence-corrected chi connectivity index (χ0v) is 36.8. The number of esters is 1. The molecule has 1 unspecified atom stereocenters. The van der Waals surface area contributed by atoms with Crippen LogP contribution in [0.25, 0.3) is 0 Å². The molecule has 6 aliphatic rings. The number of thioether (sulfide) groups is 1. The van der Waals surface area contributed by atoms with Gasteiger partial charge in [-0.25, -0.2) is 9.59 Å². The van der Waals surface area contributed by atoms with Crippen LogP contribution in [-0.4, -0.2) is 98.3 Å².